The number of nitrogens with zero attached hydrogens (tertiary/aromatic N) is 2. The van der Waals surface area contributed by atoms with Crippen molar-refractivity contribution < 1.29 is 9.53 Å². The van der Waals surface area contributed by atoms with E-state index < -0.39 is 0 Å². The molecular formula is C20H14Br2N2O2. The van der Waals surface area contributed by atoms with Crippen molar-refractivity contribution in [1.29, 1.82) is 0 Å². The Morgan fingerprint density at radius 3 is 2.50 bits per heavy atom. The van der Waals surface area contributed by atoms with Gasteiger partial charge in [0.15, 0.2) is 0 Å². The predicted molar refractivity (Wildman–Crippen MR) is 111 cm³/mol. The third-order valence-electron chi connectivity index (χ3n) is 3.69. The summed E-state index contributed by atoms with van der Waals surface area (Å²) in [6.07, 6.45) is 7.05. The van der Waals surface area contributed by atoms with Gasteiger partial charge in [-0.15, -0.1) is 6.42 Å². The molecule has 6 heteroatoms. The minimum atomic E-state index is -0.159. The lowest BCUT2D eigenvalue weighted by Gasteiger charge is -2.11. The Bertz CT molecular complexity index is 937. The summed E-state index contributed by atoms with van der Waals surface area (Å²) in [5.41, 5.74) is 2.79. The Morgan fingerprint density at radius 1 is 1.23 bits per heavy atom. The Kier molecular flexibility index (Phi) is 5.60. The average Bonchev–Trinajstić information content (AvgIpc) is 2.90. The van der Waals surface area contributed by atoms with E-state index >= 15 is 0 Å². The highest BCUT2D eigenvalue weighted by atomic mass is 79.9. The van der Waals surface area contributed by atoms with Gasteiger partial charge in [0.2, 0.25) is 0 Å². The molecule has 0 unspecified atom stereocenters. The third-order valence-corrected chi connectivity index (χ3v) is 4.87. The Hall–Kier alpha value is -2.36. The highest BCUT2D eigenvalue weighted by Gasteiger charge is 2.28. The van der Waals surface area contributed by atoms with E-state index in [0.29, 0.717) is 17.0 Å². The zero-order valence-corrected chi connectivity index (χ0v) is 17.0. The molecule has 0 aromatic heterocycles. The van der Waals surface area contributed by atoms with Crippen LogP contribution in [-0.4, -0.2) is 18.2 Å². The van der Waals surface area contributed by atoms with E-state index in [9.17, 15) is 4.79 Å². The van der Waals surface area contributed by atoms with E-state index in [1.165, 1.54) is 5.01 Å². The minimum absolute atomic E-state index is 0.159. The summed E-state index contributed by atoms with van der Waals surface area (Å²) >= 11 is 6.96. The fourth-order valence-corrected chi connectivity index (χ4v) is 3.96. The van der Waals surface area contributed by atoms with Crippen molar-refractivity contribution in [3.8, 4) is 18.1 Å². The van der Waals surface area contributed by atoms with E-state index in [1.807, 2.05) is 55.5 Å². The largest absolute Gasteiger partial charge is 0.479 e. The van der Waals surface area contributed by atoms with E-state index in [4.69, 9.17) is 11.2 Å². The van der Waals surface area contributed by atoms with Gasteiger partial charge < -0.3 is 4.74 Å². The minimum Gasteiger partial charge on any atom is -0.479 e. The van der Waals surface area contributed by atoms with E-state index in [1.54, 1.807) is 0 Å². The number of carbonyl (C=O) groups is 1. The lowest BCUT2D eigenvalue weighted by atomic mass is 10.1. The second-order valence-electron chi connectivity index (χ2n) is 5.50. The van der Waals surface area contributed by atoms with Gasteiger partial charge in [-0.25, -0.2) is 0 Å². The van der Waals surface area contributed by atoms with Crippen LogP contribution in [0, 0.1) is 12.3 Å². The van der Waals surface area contributed by atoms with Crippen LogP contribution in [0.4, 0.5) is 5.69 Å². The molecule has 1 heterocycles. The number of amides is 1. The Balaban J connectivity index is 1.92. The number of para-hydroxylation sites is 1. The molecule has 1 aliphatic rings. The first-order chi connectivity index (χ1) is 12.5. The van der Waals surface area contributed by atoms with Crippen molar-refractivity contribution >= 4 is 55.2 Å². The van der Waals surface area contributed by atoms with Crippen LogP contribution in [0.1, 0.15) is 12.5 Å². The quantitative estimate of drug-likeness (QED) is 0.461. The molecule has 0 aliphatic carbocycles. The maximum absolute atomic E-state index is 12.8. The Labute approximate surface area is 168 Å². The molecule has 2 aromatic rings. The van der Waals surface area contributed by atoms with Crippen molar-refractivity contribution in [2.75, 3.05) is 11.6 Å². The third kappa shape index (κ3) is 3.74. The number of hydrogen-bond acceptors (Lipinski definition) is 3. The fraction of sp³-hybridized carbons (Fsp3) is 0.100. The number of hydrogen-bond donors (Lipinski definition) is 0. The molecule has 0 radical (unpaired) electrons. The monoisotopic (exact) mass is 472 g/mol. The molecule has 3 rings (SSSR count). The SMILES string of the molecule is C#CCOc1c(Br)cc(/C=C2/C(=O)N(c3ccccc3)N=C2C)cc1Br. The summed E-state index contributed by atoms with van der Waals surface area (Å²) in [7, 11) is 0. The van der Waals surface area contributed by atoms with Crippen molar-refractivity contribution in [2.45, 2.75) is 6.92 Å². The van der Waals surface area contributed by atoms with Gasteiger partial charge in [-0.2, -0.15) is 10.1 Å². The summed E-state index contributed by atoms with van der Waals surface area (Å²) in [6, 6.07) is 13.1. The van der Waals surface area contributed by atoms with Crippen molar-refractivity contribution in [3.05, 3.63) is 62.5 Å². The molecule has 0 saturated carbocycles. The van der Waals surface area contributed by atoms with Gasteiger partial charge in [0.25, 0.3) is 5.91 Å². The predicted octanol–water partition coefficient (Wildman–Crippen LogP) is 5.03. The highest BCUT2D eigenvalue weighted by molar-refractivity contribution is 9.11. The molecule has 0 bridgehead atoms. The first-order valence-electron chi connectivity index (χ1n) is 7.73. The van der Waals surface area contributed by atoms with Gasteiger partial charge in [-0.3, -0.25) is 4.79 Å². The van der Waals surface area contributed by atoms with Crippen LogP contribution in [0.2, 0.25) is 0 Å². The fourth-order valence-electron chi connectivity index (χ4n) is 2.51. The van der Waals surface area contributed by atoms with Crippen LogP contribution < -0.4 is 9.75 Å². The molecule has 2 aromatic carbocycles. The Morgan fingerprint density at radius 2 is 1.88 bits per heavy atom. The van der Waals surface area contributed by atoms with Crippen molar-refractivity contribution in [3.63, 3.8) is 0 Å². The molecule has 1 amide bonds. The van der Waals surface area contributed by atoms with Gasteiger partial charge in [-0.05, 0) is 74.7 Å². The van der Waals surface area contributed by atoms with Crippen LogP contribution in [0.3, 0.4) is 0 Å². The number of rotatable bonds is 4. The number of ether oxygens (including phenoxy) is 1. The molecular weight excluding hydrogens is 460 g/mol. The lowest BCUT2D eigenvalue weighted by molar-refractivity contribution is -0.114. The van der Waals surface area contributed by atoms with E-state index in [-0.39, 0.29) is 12.5 Å². The summed E-state index contributed by atoms with van der Waals surface area (Å²) in [5.74, 6) is 2.90. The van der Waals surface area contributed by atoms with E-state index in [2.05, 4.69) is 42.9 Å². The molecule has 130 valence electrons. The molecule has 4 nitrogen and oxygen atoms in total. The number of anilines is 1. The molecule has 26 heavy (non-hydrogen) atoms. The average molecular weight is 474 g/mol. The molecule has 0 spiro atoms. The van der Waals surface area contributed by atoms with Crippen LogP contribution in [0.5, 0.6) is 5.75 Å². The maximum atomic E-state index is 12.8. The molecule has 0 atom stereocenters. The maximum Gasteiger partial charge on any atom is 0.280 e. The number of halogens is 2. The van der Waals surface area contributed by atoms with Crippen LogP contribution in [0.25, 0.3) is 6.08 Å². The molecule has 1 aliphatic heterocycles. The molecule has 0 saturated heterocycles. The summed E-state index contributed by atoms with van der Waals surface area (Å²) in [4.78, 5) is 12.8. The van der Waals surface area contributed by atoms with Gasteiger partial charge in [0.1, 0.15) is 12.4 Å². The normalized spacial score (nSPS) is 15.2. The van der Waals surface area contributed by atoms with Crippen LogP contribution >= 0.6 is 31.9 Å². The van der Waals surface area contributed by atoms with Gasteiger partial charge >= 0.3 is 0 Å². The summed E-state index contributed by atoms with van der Waals surface area (Å²) in [6.45, 7) is 2.00. The zero-order chi connectivity index (χ0) is 18.7. The second kappa shape index (κ2) is 7.90. The van der Waals surface area contributed by atoms with Gasteiger partial charge in [0.05, 0.1) is 25.9 Å². The number of terminal acetylenes is 1. The standard InChI is InChI=1S/C20H14Br2N2O2/c1-3-9-26-19-17(21)11-14(12-18(19)22)10-16-13(2)23-24(20(16)25)15-7-5-4-6-8-15/h1,4-8,10-12H,9H2,2H3/b16-10+. The summed E-state index contributed by atoms with van der Waals surface area (Å²) < 4.78 is 7.00. The zero-order valence-electron chi connectivity index (χ0n) is 13.9. The smallest absolute Gasteiger partial charge is 0.280 e. The van der Waals surface area contributed by atoms with Gasteiger partial charge in [-0.1, -0.05) is 24.1 Å². The first kappa shape index (κ1) is 18.4. The lowest BCUT2D eigenvalue weighted by Crippen LogP contribution is -2.21. The van der Waals surface area contributed by atoms with Crippen molar-refractivity contribution in [1.82, 2.24) is 0 Å². The second-order valence-corrected chi connectivity index (χ2v) is 7.21. The van der Waals surface area contributed by atoms with Gasteiger partial charge in [0, 0.05) is 0 Å². The topological polar surface area (TPSA) is 41.9 Å². The number of benzene rings is 2. The van der Waals surface area contributed by atoms with E-state index in [0.717, 1.165) is 20.2 Å². The first-order valence-corrected chi connectivity index (χ1v) is 9.32. The molecule has 0 N–H and O–H groups in total. The number of hydrazone groups is 1. The molecule has 0 fully saturated rings. The number of carbonyl (C=O) groups excluding carboxylic acids is 1. The highest BCUT2D eigenvalue weighted by Crippen LogP contribution is 2.36. The van der Waals surface area contributed by atoms with Crippen LogP contribution in [-0.2, 0) is 4.79 Å². The van der Waals surface area contributed by atoms with Crippen LogP contribution in [0.15, 0.2) is 62.1 Å². The summed E-state index contributed by atoms with van der Waals surface area (Å²) in [5, 5.41) is 5.79. The van der Waals surface area contributed by atoms with Crippen molar-refractivity contribution in [2.24, 2.45) is 5.10 Å².